The molecule has 1 saturated heterocycles. The number of carbonyl (C=O) groups is 1. The summed E-state index contributed by atoms with van der Waals surface area (Å²) in [5.74, 6) is 0.217. The van der Waals surface area contributed by atoms with Crippen molar-refractivity contribution in [2.75, 3.05) is 19.3 Å². The Morgan fingerprint density at radius 2 is 2.14 bits per heavy atom. The smallest absolute Gasteiger partial charge is 0.274 e. The van der Waals surface area contributed by atoms with Crippen LogP contribution in [-0.2, 0) is 10.0 Å². The van der Waals surface area contributed by atoms with E-state index in [0.717, 1.165) is 11.9 Å². The summed E-state index contributed by atoms with van der Waals surface area (Å²) in [5, 5.41) is 6.72. The minimum absolute atomic E-state index is 0.101. The number of nitrogens with zero attached hydrogens (tertiary/aromatic N) is 2. The van der Waals surface area contributed by atoms with E-state index in [1.165, 1.54) is 0 Å². The quantitative estimate of drug-likeness (QED) is 0.839. The van der Waals surface area contributed by atoms with Crippen LogP contribution in [0.2, 0.25) is 0 Å². The number of hydrogen-bond acceptors (Lipinski definition) is 4. The van der Waals surface area contributed by atoms with Crippen molar-refractivity contribution in [1.29, 1.82) is 0 Å². The SMILES string of the molecule is Cc1cc(C(=O)N2CC(NS(C)(=O)=O)C(C(C)C)C2)n[nH]1. The summed E-state index contributed by atoms with van der Waals surface area (Å²) >= 11 is 0. The molecule has 2 unspecified atom stereocenters. The molecule has 1 aromatic rings. The van der Waals surface area contributed by atoms with Gasteiger partial charge in [-0.05, 0) is 24.8 Å². The van der Waals surface area contributed by atoms with Gasteiger partial charge in [-0.1, -0.05) is 13.8 Å². The number of carbonyl (C=O) groups excluding carboxylic acids is 1. The van der Waals surface area contributed by atoms with Gasteiger partial charge in [-0.15, -0.1) is 0 Å². The molecule has 2 atom stereocenters. The van der Waals surface area contributed by atoms with Crippen LogP contribution in [0.4, 0.5) is 0 Å². The fourth-order valence-corrected chi connectivity index (χ4v) is 3.56. The lowest BCUT2D eigenvalue weighted by atomic mass is 9.92. The third-order valence-electron chi connectivity index (χ3n) is 3.80. The monoisotopic (exact) mass is 314 g/mol. The van der Waals surface area contributed by atoms with E-state index in [9.17, 15) is 13.2 Å². The summed E-state index contributed by atoms with van der Waals surface area (Å²) in [4.78, 5) is 14.1. The first-order valence-electron chi connectivity index (χ1n) is 6.96. The minimum atomic E-state index is -3.29. The van der Waals surface area contributed by atoms with Gasteiger partial charge in [0.1, 0.15) is 5.69 Å². The molecule has 1 amide bonds. The third-order valence-corrected chi connectivity index (χ3v) is 4.53. The summed E-state index contributed by atoms with van der Waals surface area (Å²) in [6.45, 7) is 6.82. The van der Waals surface area contributed by atoms with Crippen molar-refractivity contribution in [3.8, 4) is 0 Å². The Bertz CT molecular complexity index is 623. The lowest BCUT2D eigenvalue weighted by molar-refractivity contribution is 0.0777. The molecule has 0 saturated carbocycles. The second kappa shape index (κ2) is 5.76. The maximum absolute atomic E-state index is 12.4. The molecular weight excluding hydrogens is 292 g/mol. The molecule has 0 spiro atoms. The van der Waals surface area contributed by atoms with Gasteiger partial charge in [0.05, 0.1) is 6.26 Å². The maximum Gasteiger partial charge on any atom is 0.274 e. The van der Waals surface area contributed by atoms with Gasteiger partial charge in [0.25, 0.3) is 5.91 Å². The highest BCUT2D eigenvalue weighted by molar-refractivity contribution is 7.88. The molecule has 0 aromatic carbocycles. The Hall–Kier alpha value is -1.41. The van der Waals surface area contributed by atoms with E-state index in [-0.39, 0.29) is 23.8 Å². The topological polar surface area (TPSA) is 95.2 Å². The molecule has 118 valence electrons. The van der Waals surface area contributed by atoms with E-state index < -0.39 is 10.0 Å². The molecule has 1 aromatic heterocycles. The van der Waals surface area contributed by atoms with E-state index in [1.807, 2.05) is 20.8 Å². The van der Waals surface area contributed by atoms with E-state index in [4.69, 9.17) is 0 Å². The molecule has 1 aliphatic rings. The standard InChI is InChI=1S/C13H22N4O3S/c1-8(2)10-6-17(7-12(10)16-21(4,19)20)13(18)11-5-9(3)14-15-11/h5,8,10,12,16H,6-7H2,1-4H3,(H,14,15). The fraction of sp³-hybridized carbons (Fsp3) is 0.692. The molecule has 0 bridgehead atoms. The minimum Gasteiger partial charge on any atom is -0.335 e. The van der Waals surface area contributed by atoms with E-state index in [1.54, 1.807) is 11.0 Å². The zero-order chi connectivity index (χ0) is 15.8. The van der Waals surface area contributed by atoms with Crippen molar-refractivity contribution in [2.45, 2.75) is 26.8 Å². The van der Waals surface area contributed by atoms with E-state index in [2.05, 4.69) is 14.9 Å². The summed E-state index contributed by atoms with van der Waals surface area (Å²) in [5.41, 5.74) is 1.19. The van der Waals surface area contributed by atoms with Crippen LogP contribution in [0.25, 0.3) is 0 Å². The van der Waals surface area contributed by atoms with Crippen molar-refractivity contribution in [3.63, 3.8) is 0 Å². The number of H-pyrrole nitrogens is 1. The van der Waals surface area contributed by atoms with Gasteiger partial charge in [-0.3, -0.25) is 9.89 Å². The molecule has 21 heavy (non-hydrogen) atoms. The molecule has 1 aliphatic heterocycles. The van der Waals surface area contributed by atoms with E-state index in [0.29, 0.717) is 18.8 Å². The number of aryl methyl sites for hydroxylation is 1. The predicted octanol–water partition coefficient (Wildman–Crippen LogP) is 0.364. The van der Waals surface area contributed by atoms with Gasteiger partial charge in [0.15, 0.2) is 0 Å². The van der Waals surface area contributed by atoms with Gasteiger partial charge >= 0.3 is 0 Å². The summed E-state index contributed by atoms with van der Waals surface area (Å²) in [7, 11) is -3.29. The van der Waals surface area contributed by atoms with Crippen molar-refractivity contribution in [2.24, 2.45) is 11.8 Å². The largest absolute Gasteiger partial charge is 0.335 e. The summed E-state index contributed by atoms with van der Waals surface area (Å²) in [6.07, 6.45) is 1.14. The second-order valence-electron chi connectivity index (χ2n) is 6.05. The number of rotatable bonds is 4. The zero-order valence-corrected chi connectivity index (χ0v) is 13.6. The Balaban J connectivity index is 2.15. The number of likely N-dealkylation sites (tertiary alicyclic amines) is 1. The molecule has 1 fully saturated rings. The van der Waals surface area contributed by atoms with Crippen LogP contribution in [0.5, 0.6) is 0 Å². The van der Waals surface area contributed by atoms with Crippen molar-refractivity contribution < 1.29 is 13.2 Å². The highest BCUT2D eigenvalue weighted by Gasteiger charge is 2.38. The Kier molecular flexibility index (Phi) is 4.38. The molecule has 2 rings (SSSR count). The number of amides is 1. The molecule has 8 heteroatoms. The first-order valence-corrected chi connectivity index (χ1v) is 8.85. The summed E-state index contributed by atoms with van der Waals surface area (Å²) in [6, 6.07) is 1.45. The number of aromatic nitrogens is 2. The Labute approximate surface area is 125 Å². The predicted molar refractivity (Wildman–Crippen MR) is 79.3 cm³/mol. The number of aromatic amines is 1. The van der Waals surface area contributed by atoms with Crippen molar-refractivity contribution in [3.05, 3.63) is 17.5 Å². The molecule has 0 radical (unpaired) electrons. The first-order chi connectivity index (χ1) is 9.67. The average Bonchev–Trinajstić information content (AvgIpc) is 2.93. The highest BCUT2D eigenvalue weighted by Crippen LogP contribution is 2.26. The van der Waals surface area contributed by atoms with Crippen molar-refractivity contribution in [1.82, 2.24) is 19.8 Å². The third kappa shape index (κ3) is 3.82. The number of hydrogen-bond donors (Lipinski definition) is 2. The lowest BCUT2D eigenvalue weighted by Gasteiger charge is -2.21. The molecule has 0 aliphatic carbocycles. The van der Waals surface area contributed by atoms with Crippen LogP contribution >= 0.6 is 0 Å². The average molecular weight is 314 g/mol. The number of sulfonamides is 1. The van der Waals surface area contributed by atoms with Crippen LogP contribution < -0.4 is 4.72 Å². The van der Waals surface area contributed by atoms with Gasteiger partial charge in [0, 0.05) is 24.8 Å². The highest BCUT2D eigenvalue weighted by atomic mass is 32.2. The second-order valence-corrected chi connectivity index (χ2v) is 7.83. The van der Waals surface area contributed by atoms with Crippen LogP contribution in [0.15, 0.2) is 6.07 Å². The van der Waals surface area contributed by atoms with Crippen LogP contribution in [-0.4, -0.2) is 54.8 Å². The normalized spacial score (nSPS) is 23.0. The van der Waals surface area contributed by atoms with Gasteiger partial charge in [-0.25, -0.2) is 13.1 Å². The Morgan fingerprint density at radius 1 is 1.48 bits per heavy atom. The van der Waals surface area contributed by atoms with Crippen LogP contribution in [0.1, 0.15) is 30.0 Å². The first kappa shape index (κ1) is 16.0. The zero-order valence-electron chi connectivity index (χ0n) is 12.8. The van der Waals surface area contributed by atoms with Crippen LogP contribution in [0, 0.1) is 18.8 Å². The fourth-order valence-electron chi connectivity index (χ4n) is 2.76. The van der Waals surface area contributed by atoms with E-state index >= 15 is 0 Å². The van der Waals surface area contributed by atoms with Gasteiger partial charge < -0.3 is 4.90 Å². The molecule has 2 N–H and O–H groups in total. The van der Waals surface area contributed by atoms with Crippen molar-refractivity contribution >= 4 is 15.9 Å². The maximum atomic E-state index is 12.4. The van der Waals surface area contributed by atoms with Crippen LogP contribution in [0.3, 0.4) is 0 Å². The molecular formula is C13H22N4O3S. The number of nitrogens with one attached hydrogen (secondary N) is 2. The molecule has 2 heterocycles. The molecule has 7 nitrogen and oxygen atoms in total. The Morgan fingerprint density at radius 3 is 2.62 bits per heavy atom. The summed E-state index contributed by atoms with van der Waals surface area (Å²) < 4.78 is 25.6. The van der Waals surface area contributed by atoms with Gasteiger partial charge in [-0.2, -0.15) is 5.10 Å². The lowest BCUT2D eigenvalue weighted by Crippen LogP contribution is -2.41. The van der Waals surface area contributed by atoms with Gasteiger partial charge in [0.2, 0.25) is 10.0 Å².